The van der Waals surface area contributed by atoms with E-state index >= 15 is 0 Å². The molecule has 0 aliphatic carbocycles. The molecule has 6 atom stereocenters. The predicted octanol–water partition coefficient (Wildman–Crippen LogP) is -4.02. The fourth-order valence-corrected chi connectivity index (χ4v) is 4.90. The van der Waals surface area contributed by atoms with Crippen LogP contribution in [0.1, 0.15) is 65.2 Å². The highest BCUT2D eigenvalue weighted by atomic mass is 32.2. The van der Waals surface area contributed by atoms with Crippen molar-refractivity contribution in [3.8, 4) is 0 Å². The molecule has 0 saturated carbocycles. The van der Waals surface area contributed by atoms with Gasteiger partial charge in [0.05, 0.1) is 25.3 Å². The fourth-order valence-electron chi connectivity index (χ4n) is 4.43. The summed E-state index contributed by atoms with van der Waals surface area (Å²) in [5.41, 5.74) is 21.3. The van der Waals surface area contributed by atoms with Crippen molar-refractivity contribution in [2.45, 2.75) is 101 Å². The van der Waals surface area contributed by atoms with E-state index in [9.17, 15) is 53.4 Å². The molecule has 50 heavy (non-hydrogen) atoms. The third-order valence-corrected chi connectivity index (χ3v) is 7.60. The van der Waals surface area contributed by atoms with Crippen LogP contribution in [0.5, 0.6) is 0 Å². The molecule has 284 valence electrons. The molecule has 0 aromatic rings. The van der Waals surface area contributed by atoms with Gasteiger partial charge in [0.25, 0.3) is 0 Å². The van der Waals surface area contributed by atoms with Crippen LogP contribution < -0.4 is 49.5 Å². The number of hydrogen-bond acceptors (Lipinski definition) is 12. The predicted molar refractivity (Wildman–Crippen MR) is 180 cm³/mol. The number of primary amides is 2. The summed E-state index contributed by atoms with van der Waals surface area (Å²) in [6, 6.07) is -8.86. The van der Waals surface area contributed by atoms with Crippen LogP contribution in [0.2, 0.25) is 0 Å². The number of thioether (sulfide) groups is 1. The van der Waals surface area contributed by atoms with Crippen LogP contribution in [0.25, 0.3) is 0 Å². The SMILES string of the molecule is CSCC[C@H](NC(=O)[C@H](CC(C)C)NC(=O)[C@H](CC(N)=O)NC(=O)[C@H](CC(=O)O)NC(=O)[C@@H](N)CC(N)=O)C(=O)N[C@@H](CCCCN)C(=O)O. The van der Waals surface area contributed by atoms with Crippen LogP contribution in [0.15, 0.2) is 0 Å². The smallest absolute Gasteiger partial charge is 0.326 e. The van der Waals surface area contributed by atoms with Crippen molar-refractivity contribution in [1.29, 1.82) is 0 Å². The van der Waals surface area contributed by atoms with E-state index in [-0.39, 0.29) is 25.2 Å². The number of carbonyl (C=O) groups is 9. The summed E-state index contributed by atoms with van der Waals surface area (Å²) in [4.78, 5) is 112. The Labute approximate surface area is 293 Å². The number of unbranched alkanes of at least 4 members (excludes halogenated alkanes) is 1. The van der Waals surface area contributed by atoms with Crippen molar-refractivity contribution in [2.75, 3.05) is 18.6 Å². The lowest BCUT2D eigenvalue weighted by molar-refractivity contribution is -0.143. The molecule has 20 nitrogen and oxygen atoms in total. The van der Waals surface area contributed by atoms with Gasteiger partial charge in [-0.2, -0.15) is 11.8 Å². The largest absolute Gasteiger partial charge is 0.481 e. The minimum absolute atomic E-state index is 0.0119. The van der Waals surface area contributed by atoms with Gasteiger partial charge in [0, 0.05) is 0 Å². The number of carbonyl (C=O) groups excluding carboxylic acids is 7. The van der Waals surface area contributed by atoms with Crippen LogP contribution in [-0.2, 0) is 43.2 Å². The average molecular weight is 734 g/mol. The molecule has 0 aliphatic rings. The Morgan fingerprint density at radius 2 is 1.08 bits per heavy atom. The fraction of sp³-hybridized carbons (Fsp3) is 0.690. The summed E-state index contributed by atoms with van der Waals surface area (Å²) in [6.07, 6.45) is 0.565. The maximum absolute atomic E-state index is 13.5. The van der Waals surface area contributed by atoms with Gasteiger partial charge in [0.15, 0.2) is 0 Å². The number of carboxylic acid groups (broad SMARTS) is 2. The standard InChI is InChI=1S/C29H51N9O11S/c1-14(2)10-18(26(45)34-16(7-9-50-3)25(44)35-17(29(48)49)6-4-5-8-30)37-27(46)19(12-22(33)40)38-28(47)20(13-23(41)42)36-24(43)15(31)11-21(32)39/h14-20H,4-13,30-31H2,1-3H3,(H2,32,39)(H2,33,40)(H,34,45)(H,35,44)(H,36,43)(H,37,46)(H,38,47)(H,41,42)(H,48,49)/t15-,16-,17-,18-,19-,20-/m0/s1. The Bertz CT molecular complexity index is 1220. The minimum atomic E-state index is -1.82. The lowest BCUT2D eigenvalue weighted by Crippen LogP contribution is -2.60. The topological polar surface area (TPSA) is 358 Å². The maximum atomic E-state index is 13.5. The van der Waals surface area contributed by atoms with Gasteiger partial charge in [-0.25, -0.2) is 4.79 Å². The molecule has 0 radical (unpaired) electrons. The van der Waals surface area contributed by atoms with E-state index in [0.29, 0.717) is 25.1 Å². The molecule has 0 fully saturated rings. The highest BCUT2D eigenvalue weighted by Gasteiger charge is 2.34. The molecule has 0 aromatic carbocycles. The van der Waals surface area contributed by atoms with E-state index in [1.807, 2.05) is 0 Å². The Hall–Kier alpha value is -4.50. The zero-order chi connectivity index (χ0) is 38.6. The van der Waals surface area contributed by atoms with E-state index in [4.69, 9.17) is 22.9 Å². The third-order valence-electron chi connectivity index (χ3n) is 6.95. The lowest BCUT2D eigenvalue weighted by atomic mass is 10.0. The van der Waals surface area contributed by atoms with Gasteiger partial charge in [-0.1, -0.05) is 13.8 Å². The molecule has 0 unspecified atom stereocenters. The first kappa shape index (κ1) is 45.5. The molecule has 0 rings (SSSR count). The van der Waals surface area contributed by atoms with Gasteiger partial charge >= 0.3 is 11.9 Å². The van der Waals surface area contributed by atoms with E-state index in [2.05, 4.69) is 26.6 Å². The van der Waals surface area contributed by atoms with Gasteiger partial charge in [-0.15, -0.1) is 0 Å². The van der Waals surface area contributed by atoms with Gasteiger partial charge in [-0.05, 0) is 56.6 Å². The molecule has 0 saturated heterocycles. The van der Waals surface area contributed by atoms with E-state index < -0.39 is 109 Å². The number of nitrogens with one attached hydrogen (secondary N) is 5. The van der Waals surface area contributed by atoms with E-state index in [1.54, 1.807) is 20.1 Å². The first-order chi connectivity index (χ1) is 23.3. The molecular formula is C29H51N9O11S. The summed E-state index contributed by atoms with van der Waals surface area (Å²) in [5, 5.41) is 30.5. The zero-order valence-electron chi connectivity index (χ0n) is 28.4. The van der Waals surface area contributed by atoms with Crippen molar-refractivity contribution in [2.24, 2.45) is 28.9 Å². The molecule has 0 bridgehead atoms. The highest BCUT2D eigenvalue weighted by molar-refractivity contribution is 7.98. The Morgan fingerprint density at radius 1 is 0.620 bits per heavy atom. The second-order valence-corrected chi connectivity index (χ2v) is 12.9. The summed E-state index contributed by atoms with van der Waals surface area (Å²) >= 11 is 1.37. The summed E-state index contributed by atoms with van der Waals surface area (Å²) < 4.78 is 0. The number of hydrogen-bond donors (Lipinski definition) is 11. The van der Waals surface area contributed by atoms with Gasteiger partial charge < -0.3 is 59.7 Å². The summed E-state index contributed by atoms with van der Waals surface area (Å²) in [7, 11) is 0. The number of nitrogens with two attached hydrogens (primary N) is 4. The molecule has 0 aliphatic heterocycles. The van der Waals surface area contributed by atoms with Gasteiger partial charge in [0.2, 0.25) is 41.4 Å². The normalized spacial score (nSPS) is 14.5. The number of amides is 7. The average Bonchev–Trinajstić information content (AvgIpc) is 3.00. The Kier molecular flexibility index (Phi) is 21.6. The molecule has 21 heteroatoms. The highest BCUT2D eigenvalue weighted by Crippen LogP contribution is 2.10. The Balaban J connectivity index is 6.11. The number of aliphatic carboxylic acids is 2. The van der Waals surface area contributed by atoms with Crippen molar-refractivity contribution < 1.29 is 53.4 Å². The van der Waals surface area contributed by atoms with Crippen molar-refractivity contribution in [3.05, 3.63) is 0 Å². The van der Waals surface area contributed by atoms with E-state index in [0.717, 1.165) is 0 Å². The number of carboxylic acids is 2. The van der Waals surface area contributed by atoms with Crippen LogP contribution in [-0.4, -0.2) is 118 Å². The Morgan fingerprint density at radius 3 is 1.56 bits per heavy atom. The quantitative estimate of drug-likeness (QED) is 0.0377. The van der Waals surface area contributed by atoms with Gasteiger partial charge in [0.1, 0.15) is 30.2 Å². The molecule has 0 heterocycles. The van der Waals surface area contributed by atoms with Crippen LogP contribution in [0.3, 0.4) is 0 Å². The summed E-state index contributed by atoms with van der Waals surface area (Å²) in [5.74, 6) is -9.62. The minimum Gasteiger partial charge on any atom is -0.481 e. The second-order valence-electron chi connectivity index (χ2n) is 11.9. The van der Waals surface area contributed by atoms with Gasteiger partial charge in [-0.3, -0.25) is 38.4 Å². The van der Waals surface area contributed by atoms with E-state index in [1.165, 1.54) is 11.8 Å². The molecule has 0 spiro atoms. The zero-order valence-corrected chi connectivity index (χ0v) is 29.2. The van der Waals surface area contributed by atoms with Crippen LogP contribution >= 0.6 is 11.8 Å². The first-order valence-corrected chi connectivity index (χ1v) is 17.2. The van der Waals surface area contributed by atoms with Crippen molar-refractivity contribution >= 4 is 65.1 Å². The second kappa shape index (κ2) is 23.8. The van der Waals surface area contributed by atoms with Crippen LogP contribution in [0, 0.1) is 5.92 Å². The monoisotopic (exact) mass is 733 g/mol. The number of rotatable bonds is 26. The summed E-state index contributed by atoms with van der Waals surface area (Å²) in [6.45, 7) is 3.80. The third kappa shape index (κ3) is 18.9. The lowest BCUT2D eigenvalue weighted by Gasteiger charge is -2.27. The van der Waals surface area contributed by atoms with Crippen molar-refractivity contribution in [3.63, 3.8) is 0 Å². The first-order valence-electron chi connectivity index (χ1n) is 15.8. The molecule has 15 N–H and O–H groups in total. The molecule has 0 aromatic heterocycles. The molecule has 7 amide bonds. The maximum Gasteiger partial charge on any atom is 0.326 e. The molecular weight excluding hydrogens is 682 g/mol. The van der Waals surface area contributed by atoms with Crippen molar-refractivity contribution in [1.82, 2.24) is 26.6 Å². The van der Waals surface area contributed by atoms with Crippen LogP contribution in [0.4, 0.5) is 0 Å².